The van der Waals surface area contributed by atoms with Gasteiger partial charge in [0.2, 0.25) is 5.89 Å². The molecule has 6 heteroatoms. The molecule has 0 bridgehead atoms. The van der Waals surface area contributed by atoms with Gasteiger partial charge in [-0.2, -0.15) is 0 Å². The van der Waals surface area contributed by atoms with Crippen molar-refractivity contribution < 1.29 is 19.1 Å². The molecule has 3 rings (SSSR count). The van der Waals surface area contributed by atoms with E-state index >= 15 is 0 Å². The Balaban J connectivity index is 1.54. The summed E-state index contributed by atoms with van der Waals surface area (Å²) in [7, 11) is 1.30. The number of likely N-dealkylation sites (tertiary alicyclic amines) is 1. The quantitative estimate of drug-likeness (QED) is 0.846. The topological polar surface area (TPSA) is 75.8 Å². The van der Waals surface area contributed by atoms with E-state index in [1.807, 2.05) is 30.3 Å². The first-order valence-corrected chi connectivity index (χ1v) is 8.15. The fraction of sp³-hybridized carbons (Fsp3) is 0.444. The minimum absolute atomic E-state index is 0.0434. The van der Waals surface area contributed by atoms with Gasteiger partial charge in [-0.15, -0.1) is 0 Å². The van der Waals surface area contributed by atoms with E-state index in [4.69, 9.17) is 4.42 Å². The van der Waals surface area contributed by atoms with Crippen molar-refractivity contribution in [3.8, 4) is 11.3 Å². The predicted molar refractivity (Wildman–Crippen MR) is 88.0 cm³/mol. The van der Waals surface area contributed by atoms with Gasteiger partial charge in [0.1, 0.15) is 0 Å². The summed E-state index contributed by atoms with van der Waals surface area (Å²) >= 11 is 0. The van der Waals surface area contributed by atoms with Crippen LogP contribution in [-0.4, -0.2) is 47.3 Å². The largest absolute Gasteiger partial charge is 0.467 e. The van der Waals surface area contributed by atoms with Gasteiger partial charge in [-0.05, 0) is 31.8 Å². The summed E-state index contributed by atoms with van der Waals surface area (Å²) in [5.74, 6) is 0.856. The van der Waals surface area contributed by atoms with Crippen LogP contribution >= 0.6 is 0 Å². The third kappa shape index (κ3) is 3.83. The maximum Gasteiger partial charge on any atom is 0.334 e. The van der Waals surface area contributed by atoms with E-state index in [0.717, 1.165) is 37.3 Å². The summed E-state index contributed by atoms with van der Waals surface area (Å²) in [6, 6.07) is 9.88. The van der Waals surface area contributed by atoms with Crippen LogP contribution in [0.15, 0.2) is 40.9 Å². The van der Waals surface area contributed by atoms with Crippen LogP contribution in [0.2, 0.25) is 0 Å². The molecular formula is C18H22N2O4. The van der Waals surface area contributed by atoms with E-state index in [-0.39, 0.29) is 5.92 Å². The van der Waals surface area contributed by atoms with Gasteiger partial charge in [-0.25, -0.2) is 9.78 Å². The Kier molecular flexibility index (Phi) is 5.27. The smallest absolute Gasteiger partial charge is 0.334 e. The summed E-state index contributed by atoms with van der Waals surface area (Å²) in [5, 5.41) is 9.92. The number of carbonyl (C=O) groups excluding carboxylic acids is 1. The molecule has 0 radical (unpaired) electrons. The van der Waals surface area contributed by atoms with E-state index in [1.54, 1.807) is 6.20 Å². The number of aromatic nitrogens is 1. The SMILES string of the molecule is COC(=O)C(O)C1CCN(Cc2ncc(-c3ccccc3)o2)CC1. The maximum atomic E-state index is 11.4. The van der Waals surface area contributed by atoms with Gasteiger partial charge >= 0.3 is 5.97 Å². The molecule has 1 aliphatic heterocycles. The fourth-order valence-corrected chi connectivity index (χ4v) is 3.05. The number of ether oxygens (including phenoxy) is 1. The molecule has 1 aromatic carbocycles. The van der Waals surface area contributed by atoms with Crippen molar-refractivity contribution in [1.82, 2.24) is 9.88 Å². The maximum absolute atomic E-state index is 11.4. The lowest BCUT2D eigenvalue weighted by Gasteiger charge is -2.32. The number of nitrogens with zero attached hydrogens (tertiary/aromatic N) is 2. The zero-order valence-corrected chi connectivity index (χ0v) is 13.7. The van der Waals surface area contributed by atoms with Gasteiger partial charge in [-0.1, -0.05) is 30.3 Å². The summed E-state index contributed by atoms with van der Waals surface area (Å²) in [6.07, 6.45) is 2.23. The van der Waals surface area contributed by atoms with Gasteiger partial charge in [0.25, 0.3) is 0 Å². The van der Waals surface area contributed by atoms with E-state index in [9.17, 15) is 9.90 Å². The Morgan fingerprint density at radius 1 is 1.38 bits per heavy atom. The van der Waals surface area contributed by atoms with E-state index < -0.39 is 12.1 Å². The average Bonchev–Trinajstić information content (AvgIpc) is 3.10. The molecular weight excluding hydrogens is 308 g/mol. The minimum Gasteiger partial charge on any atom is -0.467 e. The second kappa shape index (κ2) is 7.59. The summed E-state index contributed by atoms with van der Waals surface area (Å²) in [5.41, 5.74) is 1.01. The molecule has 1 aliphatic rings. The van der Waals surface area contributed by atoms with Crippen LogP contribution in [0.1, 0.15) is 18.7 Å². The van der Waals surface area contributed by atoms with Crippen LogP contribution in [0.25, 0.3) is 11.3 Å². The van der Waals surface area contributed by atoms with Crippen molar-refractivity contribution in [1.29, 1.82) is 0 Å². The lowest BCUT2D eigenvalue weighted by molar-refractivity contribution is -0.154. The fourth-order valence-electron chi connectivity index (χ4n) is 3.05. The summed E-state index contributed by atoms with van der Waals surface area (Å²) in [4.78, 5) is 18.0. The molecule has 0 aliphatic carbocycles. The number of carbonyl (C=O) groups is 1. The van der Waals surface area contributed by atoms with Gasteiger partial charge in [0, 0.05) is 5.56 Å². The number of oxazole rings is 1. The normalized spacial score (nSPS) is 17.6. The average molecular weight is 330 g/mol. The molecule has 1 unspecified atom stereocenters. The van der Waals surface area contributed by atoms with Crippen molar-refractivity contribution in [3.05, 3.63) is 42.4 Å². The van der Waals surface area contributed by atoms with Crippen LogP contribution in [0, 0.1) is 5.92 Å². The molecule has 2 heterocycles. The highest BCUT2D eigenvalue weighted by Crippen LogP contribution is 2.24. The molecule has 6 nitrogen and oxygen atoms in total. The lowest BCUT2D eigenvalue weighted by Crippen LogP contribution is -2.40. The number of esters is 1. The van der Waals surface area contributed by atoms with Crippen LogP contribution in [-0.2, 0) is 16.1 Å². The number of rotatable bonds is 5. The first kappa shape index (κ1) is 16.7. The number of methoxy groups -OCH3 is 1. The molecule has 128 valence electrons. The standard InChI is InChI=1S/C18H22N2O4/c1-23-18(22)17(21)14-7-9-20(10-8-14)12-16-19-11-15(24-16)13-5-3-2-4-6-13/h2-6,11,14,17,21H,7-10,12H2,1H3. The molecule has 24 heavy (non-hydrogen) atoms. The van der Waals surface area contributed by atoms with Crippen LogP contribution in [0.5, 0.6) is 0 Å². The summed E-state index contributed by atoms with van der Waals surface area (Å²) in [6.45, 7) is 2.22. The molecule has 1 aromatic heterocycles. The molecule has 0 amide bonds. The third-order valence-corrected chi connectivity index (χ3v) is 4.49. The van der Waals surface area contributed by atoms with Crippen molar-refractivity contribution in [2.75, 3.05) is 20.2 Å². The highest BCUT2D eigenvalue weighted by atomic mass is 16.5. The van der Waals surface area contributed by atoms with Crippen molar-refractivity contribution in [2.24, 2.45) is 5.92 Å². The van der Waals surface area contributed by atoms with Gasteiger partial charge < -0.3 is 14.3 Å². The van der Waals surface area contributed by atoms with Crippen LogP contribution in [0.3, 0.4) is 0 Å². The Bertz CT molecular complexity index is 663. The molecule has 1 N–H and O–H groups in total. The number of aliphatic hydroxyl groups excluding tert-OH is 1. The molecule has 1 saturated heterocycles. The Morgan fingerprint density at radius 3 is 2.75 bits per heavy atom. The second-order valence-electron chi connectivity index (χ2n) is 6.07. The molecule has 0 spiro atoms. The minimum atomic E-state index is -1.02. The second-order valence-corrected chi connectivity index (χ2v) is 6.07. The highest BCUT2D eigenvalue weighted by Gasteiger charge is 2.30. The van der Waals surface area contributed by atoms with E-state index in [0.29, 0.717) is 12.4 Å². The number of hydrogen-bond acceptors (Lipinski definition) is 6. The summed E-state index contributed by atoms with van der Waals surface area (Å²) < 4.78 is 10.4. The van der Waals surface area contributed by atoms with Gasteiger partial charge in [0.05, 0.1) is 19.9 Å². The van der Waals surface area contributed by atoms with Gasteiger partial charge in [0.15, 0.2) is 11.9 Å². The Morgan fingerprint density at radius 2 is 2.08 bits per heavy atom. The monoisotopic (exact) mass is 330 g/mol. The van der Waals surface area contributed by atoms with Crippen molar-refractivity contribution >= 4 is 5.97 Å². The van der Waals surface area contributed by atoms with E-state index in [2.05, 4.69) is 14.6 Å². The zero-order chi connectivity index (χ0) is 16.9. The Labute approximate surface area is 141 Å². The zero-order valence-electron chi connectivity index (χ0n) is 13.7. The lowest BCUT2D eigenvalue weighted by atomic mass is 9.91. The van der Waals surface area contributed by atoms with Crippen molar-refractivity contribution in [3.63, 3.8) is 0 Å². The third-order valence-electron chi connectivity index (χ3n) is 4.49. The number of hydrogen-bond donors (Lipinski definition) is 1. The molecule has 1 fully saturated rings. The molecule has 1 atom stereocenters. The number of piperidine rings is 1. The highest BCUT2D eigenvalue weighted by molar-refractivity contribution is 5.74. The van der Waals surface area contributed by atoms with E-state index in [1.165, 1.54) is 7.11 Å². The van der Waals surface area contributed by atoms with Crippen molar-refractivity contribution in [2.45, 2.75) is 25.5 Å². The van der Waals surface area contributed by atoms with Gasteiger partial charge in [-0.3, -0.25) is 4.90 Å². The molecule has 0 saturated carbocycles. The first-order chi connectivity index (χ1) is 11.7. The first-order valence-electron chi connectivity index (χ1n) is 8.15. The predicted octanol–water partition coefficient (Wildman–Crippen LogP) is 2.09. The molecule has 2 aromatic rings. The number of benzene rings is 1. The van der Waals surface area contributed by atoms with Crippen LogP contribution in [0.4, 0.5) is 0 Å². The van der Waals surface area contributed by atoms with Crippen LogP contribution < -0.4 is 0 Å². The Hall–Kier alpha value is -2.18. The number of aliphatic hydroxyl groups is 1.